The van der Waals surface area contributed by atoms with Crippen molar-refractivity contribution in [2.45, 2.75) is 66.2 Å². The molecule has 3 aromatic carbocycles. The Kier molecular flexibility index (Phi) is 6.01. The first-order valence-corrected chi connectivity index (χ1v) is 11.8. The second-order valence-electron chi connectivity index (χ2n) is 11.4. The van der Waals surface area contributed by atoms with Gasteiger partial charge in [0, 0.05) is 11.6 Å². The molecule has 178 valence electrons. The molecule has 4 aromatic rings. The van der Waals surface area contributed by atoms with Crippen LogP contribution in [0.3, 0.4) is 0 Å². The molecule has 0 fully saturated rings. The number of fused-ring (bicyclic) bond motifs is 1. The van der Waals surface area contributed by atoms with E-state index in [2.05, 4.69) is 89.0 Å². The molecule has 4 nitrogen and oxygen atoms in total. The lowest BCUT2D eigenvalue weighted by Gasteiger charge is -2.33. The predicted octanol–water partition coefficient (Wildman–Crippen LogP) is 7.77. The fourth-order valence-electron chi connectivity index (χ4n) is 4.85. The number of phenolic OH excluding ortho intramolecular Hbond substituents is 1. The number of aromatic nitrogens is 3. The molecule has 1 heterocycles. The summed E-state index contributed by atoms with van der Waals surface area (Å²) < 4.78 is 13.8. The van der Waals surface area contributed by atoms with Crippen molar-refractivity contribution in [3.63, 3.8) is 0 Å². The number of aromatic hydroxyl groups is 1. The Morgan fingerprint density at radius 3 is 2.15 bits per heavy atom. The van der Waals surface area contributed by atoms with E-state index >= 15 is 0 Å². The molecule has 0 amide bonds. The highest BCUT2D eigenvalue weighted by Gasteiger charge is 2.29. The molecular formula is C29H34FN3O. The van der Waals surface area contributed by atoms with E-state index in [-0.39, 0.29) is 22.4 Å². The Bertz CT molecular complexity index is 1330. The molecule has 1 N–H and O–H groups in total. The van der Waals surface area contributed by atoms with Crippen LogP contribution in [0.1, 0.15) is 71.9 Å². The van der Waals surface area contributed by atoms with Crippen molar-refractivity contribution in [3.05, 3.63) is 71.5 Å². The topological polar surface area (TPSA) is 50.9 Å². The van der Waals surface area contributed by atoms with Crippen molar-refractivity contribution in [3.8, 4) is 22.6 Å². The van der Waals surface area contributed by atoms with Gasteiger partial charge >= 0.3 is 0 Å². The van der Waals surface area contributed by atoms with Crippen LogP contribution in [0.25, 0.3) is 27.8 Å². The van der Waals surface area contributed by atoms with E-state index in [0.29, 0.717) is 22.6 Å². The van der Waals surface area contributed by atoms with Crippen molar-refractivity contribution >= 4 is 11.0 Å². The zero-order valence-corrected chi connectivity index (χ0v) is 21.1. The number of phenols is 1. The summed E-state index contributed by atoms with van der Waals surface area (Å²) in [5, 5.41) is 20.4. The zero-order valence-electron chi connectivity index (χ0n) is 21.1. The third-order valence-corrected chi connectivity index (χ3v) is 6.29. The van der Waals surface area contributed by atoms with Crippen LogP contribution in [0.15, 0.2) is 54.6 Å². The average molecular weight is 460 g/mol. The SMILES string of the molecule is CC(C)c1ccc(-c2cc(C(C)(C)CC(C)(C)C)cc(-n3nc4ccc(F)cc4n3)c2O)cc1. The summed E-state index contributed by atoms with van der Waals surface area (Å²) in [4.78, 5) is 1.42. The summed E-state index contributed by atoms with van der Waals surface area (Å²) in [5.41, 5.74) is 5.46. The summed E-state index contributed by atoms with van der Waals surface area (Å²) in [5.74, 6) is 0.166. The minimum absolute atomic E-state index is 0.105. The first kappa shape index (κ1) is 23.9. The third-order valence-electron chi connectivity index (χ3n) is 6.29. The van der Waals surface area contributed by atoms with Gasteiger partial charge in [-0.1, -0.05) is 72.7 Å². The van der Waals surface area contributed by atoms with Gasteiger partial charge in [-0.3, -0.25) is 0 Å². The fourth-order valence-corrected chi connectivity index (χ4v) is 4.85. The van der Waals surface area contributed by atoms with Gasteiger partial charge in [0.15, 0.2) is 5.75 Å². The van der Waals surface area contributed by atoms with E-state index < -0.39 is 0 Å². The van der Waals surface area contributed by atoms with Crippen molar-refractivity contribution in [1.82, 2.24) is 15.0 Å². The molecule has 0 aliphatic carbocycles. The maximum absolute atomic E-state index is 13.8. The van der Waals surface area contributed by atoms with Gasteiger partial charge in [0.25, 0.3) is 0 Å². The molecule has 0 aliphatic rings. The molecular weight excluding hydrogens is 425 g/mol. The number of hydrogen-bond acceptors (Lipinski definition) is 3. The molecule has 4 rings (SSSR count). The van der Waals surface area contributed by atoms with Gasteiger partial charge in [-0.2, -0.15) is 0 Å². The monoisotopic (exact) mass is 459 g/mol. The van der Waals surface area contributed by atoms with Gasteiger partial charge in [0.05, 0.1) is 0 Å². The molecule has 1 aromatic heterocycles. The molecule has 0 saturated heterocycles. The molecule has 5 heteroatoms. The molecule has 0 aliphatic heterocycles. The summed E-state index contributed by atoms with van der Waals surface area (Å²) in [6, 6.07) is 16.7. The fraction of sp³-hybridized carbons (Fsp3) is 0.379. The quantitative estimate of drug-likeness (QED) is 0.332. The molecule has 0 spiro atoms. The molecule has 0 unspecified atom stereocenters. The van der Waals surface area contributed by atoms with Crippen LogP contribution >= 0.6 is 0 Å². The summed E-state index contributed by atoms with van der Waals surface area (Å²) in [6.07, 6.45) is 0.954. The molecule has 0 radical (unpaired) electrons. The summed E-state index contributed by atoms with van der Waals surface area (Å²) in [7, 11) is 0. The van der Waals surface area contributed by atoms with Crippen LogP contribution in [0.4, 0.5) is 4.39 Å². The Morgan fingerprint density at radius 1 is 0.882 bits per heavy atom. The second-order valence-corrected chi connectivity index (χ2v) is 11.4. The molecule has 0 bridgehead atoms. The first-order chi connectivity index (χ1) is 15.8. The lowest BCUT2D eigenvalue weighted by molar-refractivity contribution is 0.284. The third kappa shape index (κ3) is 4.84. The van der Waals surface area contributed by atoms with E-state index in [1.807, 2.05) is 6.07 Å². The minimum Gasteiger partial charge on any atom is -0.505 e. The lowest BCUT2D eigenvalue weighted by Crippen LogP contribution is -2.25. The number of halogens is 1. The van der Waals surface area contributed by atoms with Crippen LogP contribution in [0.5, 0.6) is 5.75 Å². The largest absolute Gasteiger partial charge is 0.505 e. The van der Waals surface area contributed by atoms with Crippen molar-refractivity contribution < 1.29 is 9.50 Å². The second kappa shape index (κ2) is 8.53. The van der Waals surface area contributed by atoms with Crippen LogP contribution in [-0.4, -0.2) is 20.1 Å². The lowest BCUT2D eigenvalue weighted by atomic mass is 9.71. The van der Waals surface area contributed by atoms with E-state index in [0.717, 1.165) is 23.1 Å². The highest BCUT2D eigenvalue weighted by atomic mass is 19.1. The van der Waals surface area contributed by atoms with E-state index in [1.54, 1.807) is 6.07 Å². The van der Waals surface area contributed by atoms with Gasteiger partial charge in [-0.25, -0.2) is 4.39 Å². The van der Waals surface area contributed by atoms with Gasteiger partial charge < -0.3 is 5.11 Å². The maximum Gasteiger partial charge on any atom is 0.150 e. The molecule has 0 saturated carbocycles. The summed E-state index contributed by atoms with van der Waals surface area (Å²) in [6.45, 7) is 15.5. The van der Waals surface area contributed by atoms with Gasteiger partial charge in [0.1, 0.15) is 22.5 Å². The Balaban J connectivity index is 1.93. The van der Waals surface area contributed by atoms with Crippen LogP contribution < -0.4 is 0 Å². The van der Waals surface area contributed by atoms with Crippen LogP contribution in [0.2, 0.25) is 0 Å². The van der Waals surface area contributed by atoms with Crippen molar-refractivity contribution in [2.75, 3.05) is 0 Å². The minimum atomic E-state index is -0.366. The Labute approximate surface area is 201 Å². The predicted molar refractivity (Wildman–Crippen MR) is 137 cm³/mol. The van der Waals surface area contributed by atoms with Gasteiger partial charge in [0.2, 0.25) is 0 Å². The Hall–Kier alpha value is -3.21. The van der Waals surface area contributed by atoms with Gasteiger partial charge in [-0.05, 0) is 64.1 Å². The van der Waals surface area contributed by atoms with Crippen LogP contribution in [0, 0.1) is 11.2 Å². The van der Waals surface area contributed by atoms with Crippen LogP contribution in [-0.2, 0) is 5.41 Å². The molecule has 0 atom stereocenters. The average Bonchev–Trinajstić information content (AvgIpc) is 3.15. The Morgan fingerprint density at radius 2 is 1.53 bits per heavy atom. The molecule has 34 heavy (non-hydrogen) atoms. The highest BCUT2D eigenvalue weighted by Crippen LogP contribution is 2.42. The van der Waals surface area contributed by atoms with Crippen molar-refractivity contribution in [2.24, 2.45) is 5.41 Å². The standard InChI is InChI=1S/C29H34FN3O/c1-18(2)19-8-10-20(11-9-19)23-14-21(29(6,7)17-28(3,4)5)15-26(27(23)34)33-31-24-13-12-22(30)16-25(24)32-33/h8-16,18,34H,17H2,1-7H3. The number of rotatable bonds is 5. The van der Waals surface area contributed by atoms with Gasteiger partial charge in [-0.15, -0.1) is 15.0 Å². The first-order valence-electron chi connectivity index (χ1n) is 11.8. The smallest absolute Gasteiger partial charge is 0.150 e. The normalized spacial score (nSPS) is 12.6. The zero-order chi connectivity index (χ0) is 24.8. The number of hydrogen-bond donors (Lipinski definition) is 1. The maximum atomic E-state index is 13.8. The number of benzene rings is 3. The van der Waals surface area contributed by atoms with Crippen molar-refractivity contribution in [1.29, 1.82) is 0 Å². The van der Waals surface area contributed by atoms with E-state index in [9.17, 15) is 9.50 Å². The number of nitrogens with zero attached hydrogens (tertiary/aromatic N) is 3. The van der Waals surface area contributed by atoms with E-state index in [1.165, 1.54) is 22.5 Å². The van der Waals surface area contributed by atoms with E-state index in [4.69, 9.17) is 0 Å². The highest BCUT2D eigenvalue weighted by molar-refractivity contribution is 5.78. The summed E-state index contributed by atoms with van der Waals surface area (Å²) >= 11 is 0.